The van der Waals surface area contributed by atoms with Gasteiger partial charge in [0.2, 0.25) is 0 Å². The van der Waals surface area contributed by atoms with Gasteiger partial charge in [-0.05, 0) is 51.1 Å². The summed E-state index contributed by atoms with van der Waals surface area (Å²) in [6.45, 7) is 12.8. The lowest BCUT2D eigenvalue weighted by atomic mass is 9.78. The molecule has 1 atom stereocenters. The molecule has 1 aliphatic heterocycles. The first-order chi connectivity index (χ1) is 10.2. The highest BCUT2D eigenvalue weighted by atomic mass is 16.7. The van der Waals surface area contributed by atoms with Gasteiger partial charge in [0.05, 0.1) is 11.2 Å². The van der Waals surface area contributed by atoms with Crippen LogP contribution in [0, 0.1) is 5.92 Å². The summed E-state index contributed by atoms with van der Waals surface area (Å²) in [5, 5.41) is 9.60. The molecule has 0 aliphatic carbocycles. The summed E-state index contributed by atoms with van der Waals surface area (Å²) >= 11 is 0. The average molecular weight is 304 g/mol. The summed E-state index contributed by atoms with van der Waals surface area (Å²) in [6.07, 6.45) is 0.992. The zero-order valence-electron chi connectivity index (χ0n) is 14.7. The van der Waals surface area contributed by atoms with E-state index in [9.17, 15) is 5.11 Å². The van der Waals surface area contributed by atoms with E-state index in [0.717, 1.165) is 11.9 Å². The van der Waals surface area contributed by atoms with Crippen molar-refractivity contribution in [2.75, 3.05) is 6.61 Å². The lowest BCUT2D eigenvalue weighted by Gasteiger charge is -2.32. The molecule has 0 bridgehead atoms. The Morgan fingerprint density at radius 2 is 1.50 bits per heavy atom. The average Bonchev–Trinajstić information content (AvgIpc) is 2.65. The molecule has 1 saturated heterocycles. The fourth-order valence-electron chi connectivity index (χ4n) is 2.79. The van der Waals surface area contributed by atoms with Gasteiger partial charge in [0.15, 0.2) is 0 Å². The minimum Gasteiger partial charge on any atom is -0.399 e. The van der Waals surface area contributed by atoms with Crippen LogP contribution in [0.2, 0.25) is 0 Å². The van der Waals surface area contributed by atoms with Crippen molar-refractivity contribution in [1.29, 1.82) is 0 Å². The Bertz CT molecular complexity index is 478. The van der Waals surface area contributed by atoms with Gasteiger partial charge in [-0.1, -0.05) is 38.1 Å². The number of hydrogen-bond donors (Lipinski definition) is 1. The van der Waals surface area contributed by atoms with E-state index in [1.807, 2.05) is 0 Å². The standard InChI is InChI=1S/C18H29BO3/c1-13(2)11-15(12-20)14-7-9-16(10-8-14)19-21-17(3,4)18(5,6)22-19/h7-10,13,15,20H,11-12H2,1-6H3. The zero-order valence-corrected chi connectivity index (χ0v) is 14.7. The summed E-state index contributed by atoms with van der Waals surface area (Å²) in [6, 6.07) is 8.29. The summed E-state index contributed by atoms with van der Waals surface area (Å²) in [7, 11) is -0.322. The highest BCUT2D eigenvalue weighted by Gasteiger charge is 2.51. The number of aliphatic hydroxyl groups is 1. The second-order valence-corrected chi connectivity index (χ2v) is 7.76. The van der Waals surface area contributed by atoms with E-state index in [2.05, 4.69) is 65.8 Å². The van der Waals surface area contributed by atoms with Gasteiger partial charge in [-0.25, -0.2) is 0 Å². The molecule has 0 saturated carbocycles. The largest absolute Gasteiger partial charge is 0.494 e. The Balaban J connectivity index is 2.13. The molecule has 3 nitrogen and oxygen atoms in total. The highest BCUT2D eigenvalue weighted by Crippen LogP contribution is 2.36. The Morgan fingerprint density at radius 1 is 1.00 bits per heavy atom. The quantitative estimate of drug-likeness (QED) is 0.850. The first-order valence-corrected chi connectivity index (χ1v) is 8.22. The van der Waals surface area contributed by atoms with Crippen molar-refractivity contribution in [2.24, 2.45) is 5.92 Å². The van der Waals surface area contributed by atoms with Crippen molar-refractivity contribution in [2.45, 2.75) is 65.1 Å². The van der Waals surface area contributed by atoms with E-state index in [4.69, 9.17) is 9.31 Å². The van der Waals surface area contributed by atoms with Gasteiger partial charge in [-0.3, -0.25) is 0 Å². The van der Waals surface area contributed by atoms with Gasteiger partial charge in [0, 0.05) is 12.5 Å². The van der Waals surface area contributed by atoms with Crippen molar-refractivity contribution >= 4 is 12.6 Å². The van der Waals surface area contributed by atoms with E-state index >= 15 is 0 Å². The second kappa shape index (κ2) is 6.35. The highest BCUT2D eigenvalue weighted by molar-refractivity contribution is 6.62. The molecule has 1 aromatic carbocycles. The van der Waals surface area contributed by atoms with E-state index < -0.39 is 0 Å². The number of benzene rings is 1. The topological polar surface area (TPSA) is 38.7 Å². The predicted molar refractivity (Wildman–Crippen MR) is 91.4 cm³/mol. The van der Waals surface area contributed by atoms with Gasteiger partial charge in [-0.15, -0.1) is 0 Å². The SMILES string of the molecule is CC(C)CC(CO)c1ccc(B2OC(C)(C)C(C)(C)O2)cc1. The first kappa shape index (κ1) is 17.5. The molecule has 1 heterocycles. The molecule has 1 fully saturated rings. The molecule has 1 aliphatic rings. The normalized spacial score (nSPS) is 21.4. The zero-order chi connectivity index (χ0) is 16.5. The smallest absolute Gasteiger partial charge is 0.399 e. The van der Waals surface area contributed by atoms with Crippen molar-refractivity contribution in [3.05, 3.63) is 29.8 Å². The van der Waals surface area contributed by atoms with Crippen LogP contribution in [0.3, 0.4) is 0 Å². The monoisotopic (exact) mass is 304 g/mol. The molecule has 0 radical (unpaired) electrons. The Labute approximate surface area is 135 Å². The molecule has 4 heteroatoms. The molecule has 0 aromatic heterocycles. The molecular weight excluding hydrogens is 275 g/mol. The maximum absolute atomic E-state index is 9.60. The van der Waals surface area contributed by atoms with E-state index in [-0.39, 0.29) is 30.8 Å². The summed E-state index contributed by atoms with van der Waals surface area (Å²) in [5.74, 6) is 0.771. The van der Waals surface area contributed by atoms with Crippen LogP contribution in [-0.4, -0.2) is 30.0 Å². The Kier molecular flexibility index (Phi) is 5.05. The van der Waals surface area contributed by atoms with Gasteiger partial charge < -0.3 is 14.4 Å². The lowest BCUT2D eigenvalue weighted by Crippen LogP contribution is -2.41. The van der Waals surface area contributed by atoms with Crippen LogP contribution in [-0.2, 0) is 9.31 Å². The number of rotatable bonds is 5. The Hall–Kier alpha value is -0.835. The molecule has 1 unspecified atom stereocenters. The van der Waals surface area contributed by atoms with Crippen LogP contribution in [0.5, 0.6) is 0 Å². The predicted octanol–water partition coefficient (Wildman–Crippen LogP) is 3.11. The molecule has 0 spiro atoms. The van der Waals surface area contributed by atoms with Crippen LogP contribution in [0.15, 0.2) is 24.3 Å². The number of hydrogen-bond acceptors (Lipinski definition) is 3. The fraction of sp³-hybridized carbons (Fsp3) is 0.667. The Morgan fingerprint density at radius 3 is 1.91 bits per heavy atom. The molecule has 2 rings (SSSR count). The molecule has 22 heavy (non-hydrogen) atoms. The van der Waals surface area contributed by atoms with E-state index in [1.165, 1.54) is 5.56 Å². The first-order valence-electron chi connectivity index (χ1n) is 8.22. The van der Waals surface area contributed by atoms with E-state index in [1.54, 1.807) is 0 Å². The van der Waals surface area contributed by atoms with Gasteiger partial charge in [0.1, 0.15) is 0 Å². The molecule has 1 N–H and O–H groups in total. The fourth-order valence-corrected chi connectivity index (χ4v) is 2.79. The summed E-state index contributed by atoms with van der Waals surface area (Å²) in [5.41, 5.74) is 1.57. The third kappa shape index (κ3) is 3.56. The van der Waals surface area contributed by atoms with Crippen LogP contribution in [0.25, 0.3) is 0 Å². The molecule has 0 amide bonds. The maximum atomic E-state index is 9.60. The van der Waals surface area contributed by atoms with Crippen molar-refractivity contribution in [3.63, 3.8) is 0 Å². The molecular formula is C18H29BO3. The van der Waals surface area contributed by atoms with Crippen molar-refractivity contribution < 1.29 is 14.4 Å². The summed E-state index contributed by atoms with van der Waals surface area (Å²) < 4.78 is 12.1. The molecule has 122 valence electrons. The third-order valence-electron chi connectivity index (χ3n) is 4.91. The second-order valence-electron chi connectivity index (χ2n) is 7.76. The third-order valence-corrected chi connectivity index (χ3v) is 4.91. The van der Waals surface area contributed by atoms with Crippen molar-refractivity contribution in [3.8, 4) is 0 Å². The van der Waals surface area contributed by atoms with Gasteiger partial charge in [-0.2, -0.15) is 0 Å². The van der Waals surface area contributed by atoms with Crippen LogP contribution in [0.1, 0.15) is 59.4 Å². The van der Waals surface area contributed by atoms with Crippen LogP contribution < -0.4 is 5.46 Å². The molecule has 1 aromatic rings. The van der Waals surface area contributed by atoms with Crippen LogP contribution in [0.4, 0.5) is 0 Å². The van der Waals surface area contributed by atoms with Crippen LogP contribution >= 0.6 is 0 Å². The maximum Gasteiger partial charge on any atom is 0.494 e. The van der Waals surface area contributed by atoms with Gasteiger partial charge >= 0.3 is 7.12 Å². The lowest BCUT2D eigenvalue weighted by molar-refractivity contribution is 0.00578. The van der Waals surface area contributed by atoms with E-state index in [0.29, 0.717) is 5.92 Å². The summed E-state index contributed by atoms with van der Waals surface area (Å²) in [4.78, 5) is 0. The minimum absolute atomic E-state index is 0.189. The van der Waals surface area contributed by atoms with Gasteiger partial charge in [0.25, 0.3) is 0 Å². The minimum atomic E-state index is -0.322. The number of aliphatic hydroxyl groups excluding tert-OH is 1. The van der Waals surface area contributed by atoms with Crippen molar-refractivity contribution in [1.82, 2.24) is 0 Å².